The van der Waals surface area contributed by atoms with Crippen molar-refractivity contribution in [3.05, 3.63) is 24.3 Å². The molecule has 0 aliphatic heterocycles. The molecule has 0 heterocycles. The third-order valence-electron chi connectivity index (χ3n) is 2.55. The van der Waals surface area contributed by atoms with Gasteiger partial charge in [-0.15, -0.1) is 0 Å². The largest absolute Gasteiger partial charge is 0.386 e. The fourth-order valence-corrected chi connectivity index (χ4v) is 1.09. The summed E-state index contributed by atoms with van der Waals surface area (Å²) in [5.74, 6) is 0. The Hall–Kier alpha value is -0.560. The Kier molecular flexibility index (Phi) is 5.72. The second kappa shape index (κ2) is 5.98. The molecule has 0 aromatic heterocycles. The lowest BCUT2D eigenvalue weighted by atomic mass is 9.94. The number of allylic oxidation sites excluding steroid dienone is 2. The van der Waals surface area contributed by atoms with Crippen molar-refractivity contribution < 1.29 is 5.11 Å². The first-order valence-corrected chi connectivity index (χ1v) is 5.02. The third kappa shape index (κ3) is 4.89. The summed E-state index contributed by atoms with van der Waals surface area (Å²) < 4.78 is 0. The molecule has 1 heteroatoms. The van der Waals surface area contributed by atoms with Gasteiger partial charge >= 0.3 is 0 Å². The Morgan fingerprint density at radius 1 is 1.46 bits per heavy atom. The van der Waals surface area contributed by atoms with Crippen LogP contribution in [0.25, 0.3) is 0 Å². The molecular formula is C12H21O. The minimum atomic E-state index is -0.773. The molecule has 75 valence electrons. The van der Waals surface area contributed by atoms with Gasteiger partial charge in [-0.1, -0.05) is 38.2 Å². The molecule has 1 nitrogen and oxygen atoms in total. The minimum Gasteiger partial charge on any atom is -0.386 e. The molecule has 13 heavy (non-hydrogen) atoms. The predicted octanol–water partition coefficient (Wildman–Crippen LogP) is 3.25. The molecule has 0 spiro atoms. The van der Waals surface area contributed by atoms with E-state index in [0.717, 1.165) is 19.3 Å². The maximum absolute atomic E-state index is 9.80. The average molecular weight is 181 g/mol. The van der Waals surface area contributed by atoms with E-state index in [1.807, 2.05) is 6.92 Å². The van der Waals surface area contributed by atoms with Crippen LogP contribution in [0.15, 0.2) is 17.7 Å². The van der Waals surface area contributed by atoms with Gasteiger partial charge in [-0.25, -0.2) is 0 Å². The van der Waals surface area contributed by atoms with Crippen LogP contribution in [0.5, 0.6) is 0 Å². The van der Waals surface area contributed by atoms with Crippen LogP contribution in [0.3, 0.4) is 0 Å². The molecule has 0 rings (SSSR count). The highest BCUT2D eigenvalue weighted by atomic mass is 16.3. The van der Waals surface area contributed by atoms with Gasteiger partial charge in [-0.3, -0.25) is 0 Å². The van der Waals surface area contributed by atoms with Gasteiger partial charge in [0.05, 0.1) is 5.60 Å². The van der Waals surface area contributed by atoms with Crippen molar-refractivity contribution in [3.8, 4) is 0 Å². The van der Waals surface area contributed by atoms with Crippen LogP contribution in [0.4, 0.5) is 0 Å². The van der Waals surface area contributed by atoms with E-state index in [1.54, 1.807) is 0 Å². The van der Waals surface area contributed by atoms with E-state index < -0.39 is 5.60 Å². The fraction of sp³-hybridized carbons (Fsp3) is 0.667. The lowest BCUT2D eigenvalue weighted by molar-refractivity contribution is 0.0785. The van der Waals surface area contributed by atoms with Crippen molar-refractivity contribution in [2.45, 2.75) is 52.1 Å². The maximum atomic E-state index is 9.80. The summed E-state index contributed by atoms with van der Waals surface area (Å²) in [6.07, 6.45) is 6.96. The zero-order valence-corrected chi connectivity index (χ0v) is 9.01. The van der Waals surface area contributed by atoms with Crippen molar-refractivity contribution in [1.29, 1.82) is 0 Å². The second-order valence-electron chi connectivity index (χ2n) is 3.57. The lowest BCUT2D eigenvalue weighted by Crippen LogP contribution is -2.23. The Labute approximate surface area is 82.2 Å². The van der Waals surface area contributed by atoms with E-state index in [-0.39, 0.29) is 0 Å². The number of rotatable bonds is 6. The van der Waals surface area contributed by atoms with Gasteiger partial charge in [0, 0.05) is 0 Å². The molecule has 0 aromatic carbocycles. The molecule has 0 aliphatic carbocycles. The molecule has 1 unspecified atom stereocenters. The predicted molar refractivity (Wildman–Crippen MR) is 57.4 cm³/mol. The molecule has 0 aromatic rings. The number of aliphatic hydroxyl groups is 1. The zero-order valence-electron chi connectivity index (χ0n) is 9.01. The van der Waals surface area contributed by atoms with Gasteiger partial charge in [0.25, 0.3) is 0 Å². The first-order valence-electron chi connectivity index (χ1n) is 5.02. The molecule has 0 amide bonds. The zero-order chi connectivity index (χ0) is 10.3. The highest BCUT2D eigenvalue weighted by Gasteiger charge is 2.18. The Morgan fingerprint density at radius 3 is 2.46 bits per heavy atom. The smallest absolute Gasteiger partial charge is 0.0831 e. The molecule has 0 aliphatic rings. The van der Waals surface area contributed by atoms with Gasteiger partial charge < -0.3 is 5.11 Å². The summed E-state index contributed by atoms with van der Waals surface area (Å²) in [5.41, 5.74) is 0.598. The molecular weight excluding hydrogens is 160 g/mol. The van der Waals surface area contributed by atoms with Gasteiger partial charge in [0.2, 0.25) is 0 Å². The Balaban J connectivity index is 3.93. The molecule has 1 atom stereocenters. The van der Waals surface area contributed by atoms with Crippen LogP contribution in [-0.2, 0) is 0 Å². The van der Waals surface area contributed by atoms with E-state index in [0.29, 0.717) is 6.42 Å². The summed E-state index contributed by atoms with van der Waals surface area (Å²) in [7, 11) is 0. The van der Waals surface area contributed by atoms with Crippen molar-refractivity contribution in [3.63, 3.8) is 0 Å². The van der Waals surface area contributed by atoms with E-state index >= 15 is 0 Å². The normalized spacial score (nSPS) is 16.8. The monoisotopic (exact) mass is 181 g/mol. The van der Waals surface area contributed by atoms with Crippen LogP contribution in [0.1, 0.15) is 46.5 Å². The SMILES string of the molecule is [CH]=CC(O)(CC)CCC=C(C)CC. The second-order valence-corrected chi connectivity index (χ2v) is 3.57. The molecule has 0 saturated carbocycles. The number of hydrogen-bond donors (Lipinski definition) is 1. The minimum absolute atomic E-state index is 0.683. The summed E-state index contributed by atoms with van der Waals surface area (Å²) >= 11 is 0. The molecule has 1 radical (unpaired) electrons. The molecule has 1 N–H and O–H groups in total. The van der Waals surface area contributed by atoms with Crippen LogP contribution < -0.4 is 0 Å². The van der Waals surface area contributed by atoms with Crippen molar-refractivity contribution in [2.24, 2.45) is 0 Å². The van der Waals surface area contributed by atoms with E-state index in [4.69, 9.17) is 6.58 Å². The van der Waals surface area contributed by atoms with Crippen LogP contribution in [0, 0.1) is 6.58 Å². The topological polar surface area (TPSA) is 20.2 Å². The van der Waals surface area contributed by atoms with Crippen LogP contribution >= 0.6 is 0 Å². The van der Waals surface area contributed by atoms with Crippen LogP contribution in [0.2, 0.25) is 0 Å². The van der Waals surface area contributed by atoms with Crippen molar-refractivity contribution in [2.75, 3.05) is 0 Å². The van der Waals surface area contributed by atoms with E-state index in [2.05, 4.69) is 19.9 Å². The van der Waals surface area contributed by atoms with Crippen molar-refractivity contribution >= 4 is 0 Å². The lowest BCUT2D eigenvalue weighted by Gasteiger charge is -2.21. The van der Waals surface area contributed by atoms with Gasteiger partial charge in [-0.2, -0.15) is 0 Å². The summed E-state index contributed by atoms with van der Waals surface area (Å²) in [5, 5.41) is 9.80. The van der Waals surface area contributed by atoms with Crippen LogP contribution in [-0.4, -0.2) is 10.7 Å². The highest BCUT2D eigenvalue weighted by Crippen LogP contribution is 2.19. The average Bonchev–Trinajstić information content (AvgIpc) is 2.17. The Bertz CT molecular complexity index is 182. The number of hydrogen-bond acceptors (Lipinski definition) is 1. The van der Waals surface area contributed by atoms with Crippen molar-refractivity contribution in [1.82, 2.24) is 0 Å². The first kappa shape index (κ1) is 12.4. The quantitative estimate of drug-likeness (QED) is 0.624. The van der Waals surface area contributed by atoms with E-state index in [1.165, 1.54) is 11.6 Å². The van der Waals surface area contributed by atoms with Gasteiger partial charge in [0.1, 0.15) is 0 Å². The maximum Gasteiger partial charge on any atom is 0.0831 e. The third-order valence-corrected chi connectivity index (χ3v) is 2.55. The summed E-state index contributed by atoms with van der Waals surface area (Å²) in [6, 6.07) is 0. The molecule has 0 fully saturated rings. The molecule has 0 saturated heterocycles. The summed E-state index contributed by atoms with van der Waals surface area (Å²) in [4.78, 5) is 0. The first-order chi connectivity index (χ1) is 6.08. The van der Waals surface area contributed by atoms with Gasteiger partial charge in [-0.05, 0) is 32.6 Å². The fourth-order valence-electron chi connectivity index (χ4n) is 1.09. The Morgan fingerprint density at radius 2 is 2.08 bits per heavy atom. The van der Waals surface area contributed by atoms with E-state index in [9.17, 15) is 5.11 Å². The van der Waals surface area contributed by atoms with Gasteiger partial charge in [0.15, 0.2) is 0 Å². The summed E-state index contributed by atoms with van der Waals surface area (Å²) in [6.45, 7) is 11.6. The molecule has 0 bridgehead atoms. The highest BCUT2D eigenvalue weighted by molar-refractivity contribution is 5.00. The standard InChI is InChI=1S/C12H21O/c1-5-11(4)9-8-10-12(13,6-2)7-3/h2,6,9,13H,5,7-8,10H2,1,3-4H3.